The topological polar surface area (TPSA) is 95.7 Å². The zero-order chi connectivity index (χ0) is 12.5. The van der Waals surface area contributed by atoms with Gasteiger partial charge in [-0.1, -0.05) is 0 Å². The van der Waals surface area contributed by atoms with Crippen LogP contribution in [0.5, 0.6) is 0 Å². The van der Waals surface area contributed by atoms with Crippen molar-refractivity contribution in [2.24, 2.45) is 0 Å². The number of hydrogen-bond acceptors (Lipinski definition) is 5. The standard InChI is InChI=1S/C11H15N5O2/c1-6(8-3-2-4-18-8)13-11-14-9-7(5-12-16-9)10(17)15-11/h5-6,8H,2-4H2,1H3,(H3,12,13,14,15,16,17). The van der Waals surface area contributed by atoms with E-state index in [0.717, 1.165) is 19.4 Å². The van der Waals surface area contributed by atoms with Gasteiger partial charge >= 0.3 is 0 Å². The lowest BCUT2D eigenvalue weighted by atomic mass is 10.1. The van der Waals surface area contributed by atoms with Gasteiger partial charge in [0.15, 0.2) is 5.65 Å². The Bertz CT molecular complexity index is 599. The molecule has 3 rings (SSSR count). The first kappa shape index (κ1) is 11.2. The van der Waals surface area contributed by atoms with Crippen LogP contribution in [0.1, 0.15) is 19.8 Å². The average molecular weight is 249 g/mol. The zero-order valence-corrected chi connectivity index (χ0v) is 10.1. The van der Waals surface area contributed by atoms with E-state index in [9.17, 15) is 4.79 Å². The van der Waals surface area contributed by atoms with Gasteiger partial charge in [0.25, 0.3) is 5.56 Å². The number of aromatic amines is 2. The van der Waals surface area contributed by atoms with Crippen molar-refractivity contribution in [3.63, 3.8) is 0 Å². The molecule has 0 spiro atoms. The Morgan fingerprint density at radius 2 is 2.50 bits per heavy atom. The first-order valence-electron chi connectivity index (χ1n) is 6.05. The second kappa shape index (κ2) is 4.41. The van der Waals surface area contributed by atoms with Crippen molar-refractivity contribution < 1.29 is 4.74 Å². The van der Waals surface area contributed by atoms with Gasteiger partial charge < -0.3 is 10.1 Å². The van der Waals surface area contributed by atoms with E-state index in [0.29, 0.717) is 17.0 Å². The maximum Gasteiger partial charge on any atom is 0.263 e. The van der Waals surface area contributed by atoms with Crippen molar-refractivity contribution in [3.05, 3.63) is 16.6 Å². The molecule has 2 aromatic heterocycles. The van der Waals surface area contributed by atoms with E-state index in [1.54, 1.807) is 0 Å². The van der Waals surface area contributed by atoms with Gasteiger partial charge in [-0.3, -0.25) is 14.9 Å². The molecule has 0 radical (unpaired) electrons. The van der Waals surface area contributed by atoms with Crippen molar-refractivity contribution in [1.82, 2.24) is 20.2 Å². The molecule has 2 unspecified atom stereocenters. The van der Waals surface area contributed by atoms with Gasteiger partial charge in [0, 0.05) is 6.61 Å². The van der Waals surface area contributed by atoms with E-state index in [-0.39, 0.29) is 17.7 Å². The van der Waals surface area contributed by atoms with Gasteiger partial charge in [0.05, 0.1) is 18.3 Å². The number of H-pyrrole nitrogens is 2. The zero-order valence-electron chi connectivity index (χ0n) is 10.1. The highest BCUT2D eigenvalue weighted by Gasteiger charge is 2.22. The van der Waals surface area contributed by atoms with Gasteiger partial charge in [-0.25, -0.2) is 0 Å². The highest BCUT2D eigenvalue weighted by molar-refractivity contribution is 5.73. The molecule has 1 aliphatic heterocycles. The van der Waals surface area contributed by atoms with Gasteiger partial charge in [-0.05, 0) is 19.8 Å². The molecule has 0 aromatic carbocycles. The molecule has 1 aliphatic rings. The summed E-state index contributed by atoms with van der Waals surface area (Å²) in [6.45, 7) is 2.83. The summed E-state index contributed by atoms with van der Waals surface area (Å²) in [4.78, 5) is 18.7. The summed E-state index contributed by atoms with van der Waals surface area (Å²) >= 11 is 0. The molecule has 7 nitrogen and oxygen atoms in total. The van der Waals surface area contributed by atoms with Crippen molar-refractivity contribution in [2.75, 3.05) is 11.9 Å². The number of nitrogens with one attached hydrogen (secondary N) is 3. The Kier molecular flexibility index (Phi) is 2.75. The van der Waals surface area contributed by atoms with Crippen molar-refractivity contribution in [3.8, 4) is 0 Å². The first-order chi connectivity index (χ1) is 8.74. The lowest BCUT2D eigenvalue weighted by molar-refractivity contribution is 0.0994. The Hall–Kier alpha value is -1.89. The number of aromatic nitrogens is 4. The van der Waals surface area contributed by atoms with Crippen LogP contribution in [0.2, 0.25) is 0 Å². The molecule has 3 N–H and O–H groups in total. The third-order valence-electron chi connectivity index (χ3n) is 3.21. The maximum absolute atomic E-state index is 11.7. The van der Waals surface area contributed by atoms with Crippen LogP contribution < -0.4 is 10.9 Å². The predicted molar refractivity (Wildman–Crippen MR) is 66.6 cm³/mol. The Morgan fingerprint density at radius 3 is 3.28 bits per heavy atom. The Labute approximate surface area is 103 Å². The number of hydrogen-bond donors (Lipinski definition) is 3. The fourth-order valence-corrected chi connectivity index (χ4v) is 2.22. The molecule has 18 heavy (non-hydrogen) atoms. The molecular formula is C11H15N5O2. The van der Waals surface area contributed by atoms with Gasteiger partial charge in [-0.2, -0.15) is 10.1 Å². The second-order valence-corrected chi connectivity index (χ2v) is 4.53. The summed E-state index contributed by atoms with van der Waals surface area (Å²) in [6, 6.07) is 0.107. The van der Waals surface area contributed by atoms with E-state index in [2.05, 4.69) is 25.5 Å². The smallest absolute Gasteiger partial charge is 0.263 e. The van der Waals surface area contributed by atoms with Crippen molar-refractivity contribution in [1.29, 1.82) is 0 Å². The summed E-state index contributed by atoms with van der Waals surface area (Å²) in [7, 11) is 0. The molecule has 1 fully saturated rings. The minimum atomic E-state index is -0.198. The minimum Gasteiger partial charge on any atom is -0.376 e. The molecule has 0 amide bonds. The third-order valence-corrected chi connectivity index (χ3v) is 3.21. The van der Waals surface area contributed by atoms with E-state index in [1.807, 2.05) is 6.92 Å². The number of fused-ring (bicyclic) bond motifs is 1. The van der Waals surface area contributed by atoms with E-state index >= 15 is 0 Å². The monoisotopic (exact) mass is 249 g/mol. The summed E-state index contributed by atoms with van der Waals surface area (Å²) in [5, 5.41) is 10.1. The molecule has 2 aromatic rings. The number of ether oxygens (including phenoxy) is 1. The van der Waals surface area contributed by atoms with Gasteiger partial charge in [0.1, 0.15) is 5.39 Å². The lowest BCUT2D eigenvalue weighted by Gasteiger charge is -2.19. The number of rotatable bonds is 3. The first-order valence-corrected chi connectivity index (χ1v) is 6.05. The van der Waals surface area contributed by atoms with Crippen LogP contribution in [0, 0.1) is 0 Å². The van der Waals surface area contributed by atoms with E-state index < -0.39 is 0 Å². The lowest BCUT2D eigenvalue weighted by Crippen LogP contribution is -2.31. The van der Waals surface area contributed by atoms with Gasteiger partial charge in [-0.15, -0.1) is 0 Å². The normalized spacial score (nSPS) is 21.3. The average Bonchev–Trinajstić information content (AvgIpc) is 2.99. The van der Waals surface area contributed by atoms with Gasteiger partial charge in [0.2, 0.25) is 5.95 Å². The van der Waals surface area contributed by atoms with Crippen molar-refractivity contribution in [2.45, 2.75) is 31.9 Å². The Balaban J connectivity index is 1.83. The fourth-order valence-electron chi connectivity index (χ4n) is 2.22. The molecule has 1 saturated heterocycles. The SMILES string of the molecule is CC(Nc1nc2[nH]ncc2c(=O)[nH]1)C1CCCO1. The van der Waals surface area contributed by atoms with Crippen LogP contribution in [0.4, 0.5) is 5.95 Å². The second-order valence-electron chi connectivity index (χ2n) is 4.53. The maximum atomic E-state index is 11.7. The Morgan fingerprint density at radius 1 is 1.61 bits per heavy atom. The van der Waals surface area contributed by atoms with Crippen LogP contribution >= 0.6 is 0 Å². The molecule has 3 heterocycles. The molecule has 0 bridgehead atoms. The summed E-state index contributed by atoms with van der Waals surface area (Å²) in [5.41, 5.74) is 0.289. The van der Waals surface area contributed by atoms with Crippen LogP contribution in [-0.4, -0.2) is 38.9 Å². The van der Waals surface area contributed by atoms with E-state index in [4.69, 9.17) is 4.74 Å². The quantitative estimate of drug-likeness (QED) is 0.741. The third kappa shape index (κ3) is 1.97. The fraction of sp³-hybridized carbons (Fsp3) is 0.545. The summed E-state index contributed by atoms with van der Waals surface area (Å²) in [6.07, 6.45) is 3.76. The number of anilines is 1. The minimum absolute atomic E-state index is 0.107. The molecule has 0 aliphatic carbocycles. The van der Waals surface area contributed by atoms with Crippen molar-refractivity contribution >= 4 is 17.0 Å². The van der Waals surface area contributed by atoms with Crippen LogP contribution in [0.25, 0.3) is 11.0 Å². The highest BCUT2D eigenvalue weighted by Crippen LogP contribution is 2.17. The largest absolute Gasteiger partial charge is 0.376 e. The highest BCUT2D eigenvalue weighted by atomic mass is 16.5. The molecule has 2 atom stereocenters. The predicted octanol–water partition coefficient (Wildman–Crippen LogP) is 0.626. The van der Waals surface area contributed by atoms with E-state index in [1.165, 1.54) is 6.20 Å². The molecule has 0 saturated carbocycles. The molecule has 7 heteroatoms. The number of nitrogens with zero attached hydrogens (tertiary/aromatic N) is 2. The van der Waals surface area contributed by atoms with Crippen LogP contribution in [0.15, 0.2) is 11.0 Å². The molecule has 96 valence electrons. The van der Waals surface area contributed by atoms with Crippen LogP contribution in [-0.2, 0) is 4.74 Å². The summed E-state index contributed by atoms with van der Waals surface area (Å²) in [5.74, 6) is 0.444. The van der Waals surface area contributed by atoms with Crippen LogP contribution in [0.3, 0.4) is 0 Å². The molecular weight excluding hydrogens is 234 g/mol. The summed E-state index contributed by atoms with van der Waals surface area (Å²) < 4.78 is 5.59.